The Balaban J connectivity index is 2.19. The molecule has 1 heterocycles. The molecule has 116 valence electrons. The highest BCUT2D eigenvalue weighted by Gasteiger charge is 2.23. The molecule has 0 saturated heterocycles. The number of halogens is 2. The molecule has 1 aromatic heterocycles. The van der Waals surface area contributed by atoms with E-state index in [-0.39, 0.29) is 5.69 Å². The average Bonchev–Trinajstić information content (AvgIpc) is 3.03. The molecule has 0 saturated carbocycles. The Bertz CT molecular complexity index is 658. The minimum Gasteiger partial charge on any atom is -0.357 e. The molecule has 8 heteroatoms. The number of nitrogens with zero attached hydrogens (tertiary/aromatic N) is 2. The lowest BCUT2D eigenvalue weighted by Crippen LogP contribution is -2.39. The van der Waals surface area contributed by atoms with Crippen molar-refractivity contribution in [2.75, 3.05) is 7.05 Å². The lowest BCUT2D eigenvalue weighted by atomic mass is 10.1. The molecule has 2 amide bonds. The monoisotopic (exact) mass is 308 g/mol. The summed E-state index contributed by atoms with van der Waals surface area (Å²) in [5.41, 5.74) is 0.383. The van der Waals surface area contributed by atoms with Gasteiger partial charge in [0.2, 0.25) is 5.91 Å². The summed E-state index contributed by atoms with van der Waals surface area (Å²) in [5.74, 6) is -1.13. The zero-order valence-corrected chi connectivity index (χ0v) is 11.7. The van der Waals surface area contributed by atoms with Gasteiger partial charge in [0.05, 0.1) is 0 Å². The first-order valence-electron chi connectivity index (χ1n) is 6.43. The Kier molecular flexibility index (Phi) is 4.82. The molecule has 0 aliphatic heterocycles. The lowest BCUT2D eigenvalue weighted by Gasteiger charge is -2.17. The number of carbonyl (C=O) groups excluding carboxylic acids is 2. The van der Waals surface area contributed by atoms with Crippen LogP contribution in [0.25, 0.3) is 0 Å². The van der Waals surface area contributed by atoms with E-state index >= 15 is 0 Å². The maximum Gasteiger partial charge on any atom is 0.333 e. The standard InChI is InChI=1S/C14H14F2N4O2/c1-17-13(22)11(9-5-3-2-4-6-9)18-12(21)10-7-8-20(19-10)14(15)16/h2-8,11,14H,1H3,(H,17,22)(H,18,21). The minimum atomic E-state index is -2.83. The number of carbonyl (C=O) groups is 2. The van der Waals surface area contributed by atoms with Crippen LogP contribution in [0.15, 0.2) is 42.6 Å². The summed E-state index contributed by atoms with van der Waals surface area (Å²) in [5, 5.41) is 8.39. The normalized spacial score (nSPS) is 12.0. The Hall–Kier alpha value is -2.77. The molecule has 0 fully saturated rings. The van der Waals surface area contributed by atoms with E-state index in [1.54, 1.807) is 30.3 Å². The first kappa shape index (κ1) is 15.6. The molecule has 22 heavy (non-hydrogen) atoms. The summed E-state index contributed by atoms with van der Waals surface area (Å²) in [6.07, 6.45) is 0.997. The SMILES string of the molecule is CNC(=O)C(NC(=O)c1ccn(C(F)F)n1)c1ccccc1. The van der Waals surface area contributed by atoms with Crippen molar-refractivity contribution in [1.82, 2.24) is 20.4 Å². The van der Waals surface area contributed by atoms with Gasteiger partial charge in [-0.15, -0.1) is 0 Å². The van der Waals surface area contributed by atoms with Crippen molar-refractivity contribution in [3.8, 4) is 0 Å². The van der Waals surface area contributed by atoms with Crippen LogP contribution in [0.2, 0.25) is 0 Å². The average molecular weight is 308 g/mol. The van der Waals surface area contributed by atoms with Crippen LogP contribution in [0, 0.1) is 0 Å². The maximum absolute atomic E-state index is 12.5. The van der Waals surface area contributed by atoms with Gasteiger partial charge in [0, 0.05) is 13.2 Å². The Morgan fingerprint density at radius 3 is 2.41 bits per heavy atom. The summed E-state index contributed by atoms with van der Waals surface area (Å²) < 4.78 is 25.3. The van der Waals surface area contributed by atoms with E-state index in [9.17, 15) is 18.4 Å². The smallest absolute Gasteiger partial charge is 0.333 e. The lowest BCUT2D eigenvalue weighted by molar-refractivity contribution is -0.122. The fraction of sp³-hybridized carbons (Fsp3) is 0.214. The molecule has 2 aromatic rings. The molecule has 1 aromatic carbocycles. The highest BCUT2D eigenvalue weighted by Crippen LogP contribution is 2.14. The van der Waals surface area contributed by atoms with Gasteiger partial charge < -0.3 is 10.6 Å². The number of benzene rings is 1. The van der Waals surface area contributed by atoms with Crippen LogP contribution in [0.3, 0.4) is 0 Å². The largest absolute Gasteiger partial charge is 0.357 e. The number of nitrogens with one attached hydrogen (secondary N) is 2. The molecule has 0 aliphatic carbocycles. The molecular formula is C14H14F2N4O2. The quantitative estimate of drug-likeness (QED) is 0.879. The fourth-order valence-electron chi connectivity index (χ4n) is 1.86. The van der Waals surface area contributed by atoms with E-state index in [0.717, 1.165) is 12.3 Å². The second kappa shape index (κ2) is 6.79. The van der Waals surface area contributed by atoms with Crippen LogP contribution in [0.5, 0.6) is 0 Å². The van der Waals surface area contributed by atoms with Crippen molar-refractivity contribution >= 4 is 11.8 Å². The third kappa shape index (κ3) is 3.46. The van der Waals surface area contributed by atoms with Crippen molar-refractivity contribution in [3.05, 3.63) is 53.9 Å². The van der Waals surface area contributed by atoms with Crippen LogP contribution in [0.4, 0.5) is 8.78 Å². The molecular weight excluding hydrogens is 294 g/mol. The summed E-state index contributed by atoms with van der Waals surface area (Å²) in [6.45, 7) is -2.83. The summed E-state index contributed by atoms with van der Waals surface area (Å²) >= 11 is 0. The van der Waals surface area contributed by atoms with Crippen molar-refractivity contribution in [2.45, 2.75) is 12.6 Å². The molecule has 6 nitrogen and oxygen atoms in total. The number of hydrogen-bond donors (Lipinski definition) is 2. The third-order valence-corrected chi connectivity index (χ3v) is 2.96. The van der Waals surface area contributed by atoms with E-state index < -0.39 is 24.4 Å². The van der Waals surface area contributed by atoms with Gasteiger partial charge in [-0.3, -0.25) is 9.59 Å². The number of rotatable bonds is 5. The van der Waals surface area contributed by atoms with Gasteiger partial charge in [0.15, 0.2) is 0 Å². The number of hydrogen-bond acceptors (Lipinski definition) is 3. The molecule has 0 radical (unpaired) electrons. The van der Waals surface area contributed by atoms with Crippen molar-refractivity contribution in [3.63, 3.8) is 0 Å². The Morgan fingerprint density at radius 1 is 1.18 bits per heavy atom. The summed E-state index contributed by atoms with van der Waals surface area (Å²) in [4.78, 5) is 24.0. The minimum absolute atomic E-state index is 0.190. The predicted octanol–water partition coefficient (Wildman–Crippen LogP) is 1.50. The molecule has 2 rings (SSSR count). The molecule has 0 spiro atoms. The van der Waals surface area contributed by atoms with Crippen LogP contribution in [-0.4, -0.2) is 28.6 Å². The van der Waals surface area contributed by atoms with Gasteiger partial charge in [-0.25, -0.2) is 4.68 Å². The first-order valence-corrected chi connectivity index (χ1v) is 6.43. The van der Waals surface area contributed by atoms with Gasteiger partial charge in [-0.1, -0.05) is 30.3 Å². The first-order chi connectivity index (χ1) is 10.5. The maximum atomic E-state index is 12.5. The molecule has 0 bridgehead atoms. The van der Waals surface area contributed by atoms with E-state index in [0.29, 0.717) is 10.2 Å². The van der Waals surface area contributed by atoms with Crippen molar-refractivity contribution in [2.24, 2.45) is 0 Å². The van der Waals surface area contributed by atoms with E-state index in [1.165, 1.54) is 7.05 Å². The van der Waals surface area contributed by atoms with E-state index in [4.69, 9.17) is 0 Å². The summed E-state index contributed by atoms with van der Waals surface area (Å²) in [7, 11) is 1.44. The highest BCUT2D eigenvalue weighted by molar-refractivity contribution is 5.96. The fourth-order valence-corrected chi connectivity index (χ4v) is 1.86. The molecule has 1 unspecified atom stereocenters. The van der Waals surface area contributed by atoms with Crippen LogP contribution in [-0.2, 0) is 4.79 Å². The highest BCUT2D eigenvalue weighted by atomic mass is 19.3. The van der Waals surface area contributed by atoms with Gasteiger partial charge in [0.25, 0.3) is 5.91 Å². The Morgan fingerprint density at radius 2 is 1.86 bits per heavy atom. The number of aromatic nitrogens is 2. The second-order valence-corrected chi connectivity index (χ2v) is 4.39. The second-order valence-electron chi connectivity index (χ2n) is 4.39. The Labute approximate surface area is 125 Å². The molecule has 1 atom stereocenters. The van der Waals surface area contributed by atoms with Crippen LogP contribution in [0.1, 0.15) is 28.6 Å². The predicted molar refractivity (Wildman–Crippen MR) is 74.2 cm³/mol. The van der Waals surface area contributed by atoms with E-state index in [1.807, 2.05) is 0 Å². The number of amides is 2. The van der Waals surface area contributed by atoms with Gasteiger partial charge in [-0.2, -0.15) is 13.9 Å². The van der Waals surface area contributed by atoms with Crippen LogP contribution >= 0.6 is 0 Å². The number of likely N-dealkylation sites (N-methyl/N-ethyl adjacent to an activating group) is 1. The van der Waals surface area contributed by atoms with Crippen molar-refractivity contribution < 1.29 is 18.4 Å². The van der Waals surface area contributed by atoms with Crippen molar-refractivity contribution in [1.29, 1.82) is 0 Å². The molecule has 0 aliphatic rings. The van der Waals surface area contributed by atoms with E-state index in [2.05, 4.69) is 15.7 Å². The van der Waals surface area contributed by atoms with Gasteiger partial charge in [-0.05, 0) is 11.6 Å². The number of alkyl halides is 2. The van der Waals surface area contributed by atoms with Gasteiger partial charge in [0.1, 0.15) is 11.7 Å². The zero-order valence-electron chi connectivity index (χ0n) is 11.7. The summed E-state index contributed by atoms with van der Waals surface area (Å²) in [6, 6.07) is 8.81. The molecule has 2 N–H and O–H groups in total. The third-order valence-electron chi connectivity index (χ3n) is 2.96. The van der Waals surface area contributed by atoms with Crippen LogP contribution < -0.4 is 10.6 Å². The zero-order chi connectivity index (χ0) is 16.1. The topological polar surface area (TPSA) is 76.0 Å². The van der Waals surface area contributed by atoms with Gasteiger partial charge >= 0.3 is 6.55 Å².